The fraction of sp³-hybridized carbons (Fsp3) is 0.562. The minimum absolute atomic E-state index is 0.330. The molecule has 1 aromatic rings. The summed E-state index contributed by atoms with van der Waals surface area (Å²) in [7, 11) is 1.49. The van der Waals surface area contributed by atoms with Gasteiger partial charge < -0.3 is 30.1 Å². The monoisotopic (exact) mass is 357 g/mol. The Balaban J connectivity index is 2.19. The highest BCUT2D eigenvalue weighted by atomic mass is 32.1. The maximum Gasteiger partial charge on any atom is 0.251 e. The van der Waals surface area contributed by atoms with Crippen molar-refractivity contribution in [2.24, 2.45) is 0 Å². The maximum atomic E-state index is 12.4. The summed E-state index contributed by atoms with van der Waals surface area (Å²) in [5.41, 5.74) is 0.330. The number of hydrogen-bond donors (Lipinski definition) is 5. The van der Waals surface area contributed by atoms with Gasteiger partial charge in [-0.1, -0.05) is 13.0 Å². The van der Waals surface area contributed by atoms with E-state index in [2.05, 4.69) is 17.9 Å². The Morgan fingerprint density at radius 1 is 1.42 bits per heavy atom. The number of rotatable bonds is 5. The molecule has 1 aromatic carbocycles. The van der Waals surface area contributed by atoms with Gasteiger partial charge in [-0.15, -0.1) is 0 Å². The second-order valence-corrected chi connectivity index (χ2v) is 6.59. The van der Waals surface area contributed by atoms with Crippen LogP contribution in [0.5, 0.6) is 5.75 Å². The lowest BCUT2D eigenvalue weighted by molar-refractivity contribution is -0.190. The van der Waals surface area contributed by atoms with Gasteiger partial charge in [0.2, 0.25) is 0 Å². The Hall–Kier alpha value is -1.32. The van der Waals surface area contributed by atoms with Crippen molar-refractivity contribution in [2.45, 2.75) is 42.6 Å². The molecular weight excluding hydrogens is 334 g/mol. The van der Waals surface area contributed by atoms with E-state index < -0.39 is 43.0 Å². The van der Waals surface area contributed by atoms with E-state index in [9.17, 15) is 20.1 Å². The van der Waals surface area contributed by atoms with E-state index in [0.717, 1.165) is 0 Å². The Morgan fingerprint density at radius 2 is 2.12 bits per heavy atom. The zero-order valence-electron chi connectivity index (χ0n) is 13.5. The van der Waals surface area contributed by atoms with Gasteiger partial charge in [0.1, 0.15) is 24.1 Å². The number of carbonyl (C=O) groups is 1. The molecule has 0 bridgehead atoms. The van der Waals surface area contributed by atoms with Gasteiger partial charge >= 0.3 is 0 Å². The van der Waals surface area contributed by atoms with Crippen LogP contribution in [0.25, 0.3) is 0 Å². The average Bonchev–Trinajstić information content (AvgIpc) is 2.58. The molecular formula is C16H23NO6S. The molecule has 24 heavy (non-hydrogen) atoms. The van der Waals surface area contributed by atoms with Gasteiger partial charge in [0, 0.05) is 10.8 Å². The zero-order valence-corrected chi connectivity index (χ0v) is 14.4. The first-order chi connectivity index (χ1) is 11.4. The van der Waals surface area contributed by atoms with Crippen LogP contribution in [-0.2, 0) is 4.74 Å². The molecule has 0 saturated carbocycles. The SMILES string of the molecule is COc1cccc(C(=O)N[C@@H]2C(O)[C@H](C(C)S)OC(CO)[C@@H]2O)c1. The van der Waals surface area contributed by atoms with Crippen LogP contribution in [0.3, 0.4) is 0 Å². The second kappa shape index (κ2) is 8.17. The number of benzene rings is 1. The van der Waals surface area contributed by atoms with Gasteiger partial charge in [-0.05, 0) is 18.2 Å². The summed E-state index contributed by atoms with van der Waals surface area (Å²) in [5, 5.41) is 32.3. The predicted octanol–water partition coefficient (Wildman–Crippen LogP) is -0.407. The Kier molecular flexibility index (Phi) is 6.47. The van der Waals surface area contributed by atoms with Crippen molar-refractivity contribution in [1.29, 1.82) is 0 Å². The van der Waals surface area contributed by atoms with Crippen molar-refractivity contribution < 1.29 is 29.6 Å². The number of aliphatic hydroxyl groups is 3. The van der Waals surface area contributed by atoms with Gasteiger partial charge in [-0.25, -0.2) is 0 Å². The molecule has 1 aliphatic rings. The molecule has 0 aliphatic carbocycles. The number of aliphatic hydroxyl groups excluding tert-OH is 3. The van der Waals surface area contributed by atoms with Crippen molar-refractivity contribution in [3.8, 4) is 5.75 Å². The fourth-order valence-corrected chi connectivity index (χ4v) is 2.97. The Labute approximate surface area is 146 Å². The number of ether oxygens (including phenoxy) is 2. The number of methoxy groups -OCH3 is 1. The minimum Gasteiger partial charge on any atom is -0.497 e. The normalized spacial score (nSPS) is 31.3. The van der Waals surface area contributed by atoms with Crippen molar-refractivity contribution in [2.75, 3.05) is 13.7 Å². The first kappa shape index (κ1) is 19.0. The molecule has 1 fully saturated rings. The summed E-state index contributed by atoms with van der Waals surface area (Å²) < 4.78 is 10.6. The lowest BCUT2D eigenvalue weighted by Crippen LogP contribution is -2.65. The fourth-order valence-electron chi connectivity index (χ4n) is 2.72. The summed E-state index contributed by atoms with van der Waals surface area (Å²) in [6, 6.07) is 5.53. The Bertz CT molecular complexity index is 569. The number of hydrogen-bond acceptors (Lipinski definition) is 7. The van der Waals surface area contributed by atoms with Crippen LogP contribution in [0.15, 0.2) is 24.3 Å². The lowest BCUT2D eigenvalue weighted by atomic mass is 9.91. The first-order valence-electron chi connectivity index (χ1n) is 7.64. The summed E-state index contributed by atoms with van der Waals surface area (Å²) in [4.78, 5) is 12.4. The molecule has 0 aromatic heterocycles. The van der Waals surface area contributed by atoms with Crippen LogP contribution < -0.4 is 10.1 Å². The van der Waals surface area contributed by atoms with Crippen molar-refractivity contribution in [3.63, 3.8) is 0 Å². The largest absolute Gasteiger partial charge is 0.497 e. The predicted molar refractivity (Wildman–Crippen MR) is 90.5 cm³/mol. The van der Waals surface area contributed by atoms with E-state index in [1.54, 1.807) is 31.2 Å². The van der Waals surface area contributed by atoms with E-state index >= 15 is 0 Å². The summed E-state index contributed by atoms with van der Waals surface area (Å²) >= 11 is 4.26. The molecule has 6 atom stereocenters. The highest BCUT2D eigenvalue weighted by Crippen LogP contribution is 2.25. The summed E-state index contributed by atoms with van der Waals surface area (Å²) in [6.07, 6.45) is -4.05. The molecule has 3 unspecified atom stereocenters. The summed E-state index contributed by atoms with van der Waals surface area (Å²) in [5.74, 6) is 0.0481. The van der Waals surface area contributed by atoms with Gasteiger partial charge in [-0.2, -0.15) is 12.6 Å². The minimum atomic E-state index is -1.25. The number of nitrogens with one attached hydrogen (secondary N) is 1. The van der Waals surface area contributed by atoms with E-state index in [1.165, 1.54) is 7.11 Å². The van der Waals surface area contributed by atoms with E-state index in [0.29, 0.717) is 11.3 Å². The molecule has 134 valence electrons. The van der Waals surface area contributed by atoms with Gasteiger partial charge in [0.05, 0.1) is 25.9 Å². The topological polar surface area (TPSA) is 108 Å². The smallest absolute Gasteiger partial charge is 0.251 e. The van der Waals surface area contributed by atoms with Gasteiger partial charge in [0.25, 0.3) is 5.91 Å². The average molecular weight is 357 g/mol. The van der Waals surface area contributed by atoms with Crippen LogP contribution in [-0.4, -0.2) is 70.7 Å². The number of carbonyl (C=O) groups excluding carboxylic acids is 1. The van der Waals surface area contributed by atoms with Crippen LogP contribution in [0.1, 0.15) is 17.3 Å². The third kappa shape index (κ3) is 4.01. The van der Waals surface area contributed by atoms with Crippen molar-refractivity contribution >= 4 is 18.5 Å². The van der Waals surface area contributed by atoms with Crippen molar-refractivity contribution in [3.05, 3.63) is 29.8 Å². The van der Waals surface area contributed by atoms with Crippen LogP contribution in [0.4, 0.5) is 0 Å². The summed E-state index contributed by atoms with van der Waals surface area (Å²) in [6.45, 7) is 1.29. The first-order valence-corrected chi connectivity index (χ1v) is 8.16. The zero-order chi connectivity index (χ0) is 17.9. The van der Waals surface area contributed by atoms with E-state index in [-0.39, 0.29) is 5.25 Å². The molecule has 1 aliphatic heterocycles. The van der Waals surface area contributed by atoms with Gasteiger partial charge in [0.15, 0.2) is 0 Å². The third-order valence-electron chi connectivity index (χ3n) is 4.07. The quantitative estimate of drug-likeness (QED) is 0.459. The van der Waals surface area contributed by atoms with Crippen molar-refractivity contribution in [1.82, 2.24) is 5.32 Å². The standard InChI is InChI=1S/C16H23NO6S/c1-8(24)15-14(20)12(13(19)11(7-18)23-15)17-16(21)9-4-3-5-10(6-9)22-2/h3-6,8,11-15,18-20,24H,7H2,1-2H3,(H,17,21)/t8?,11?,12-,13-,14?,15-/m0/s1. The Morgan fingerprint density at radius 3 is 2.71 bits per heavy atom. The highest BCUT2D eigenvalue weighted by Gasteiger charge is 2.46. The van der Waals surface area contributed by atoms with Gasteiger partial charge in [-0.3, -0.25) is 4.79 Å². The van der Waals surface area contributed by atoms with E-state index in [1.807, 2.05) is 0 Å². The van der Waals surface area contributed by atoms with Crippen LogP contribution in [0, 0.1) is 0 Å². The number of amides is 1. The van der Waals surface area contributed by atoms with Crippen LogP contribution >= 0.6 is 12.6 Å². The molecule has 7 nitrogen and oxygen atoms in total. The highest BCUT2D eigenvalue weighted by molar-refractivity contribution is 7.81. The molecule has 1 saturated heterocycles. The molecule has 2 rings (SSSR count). The molecule has 1 heterocycles. The number of thiol groups is 1. The molecule has 4 N–H and O–H groups in total. The third-order valence-corrected chi connectivity index (χ3v) is 4.36. The lowest BCUT2D eigenvalue weighted by Gasteiger charge is -2.43. The molecule has 0 radical (unpaired) electrons. The molecule has 8 heteroatoms. The second-order valence-electron chi connectivity index (χ2n) is 5.77. The van der Waals surface area contributed by atoms with E-state index in [4.69, 9.17) is 9.47 Å². The maximum absolute atomic E-state index is 12.4. The van der Waals surface area contributed by atoms with Crippen LogP contribution in [0.2, 0.25) is 0 Å². The molecule has 0 spiro atoms. The molecule has 1 amide bonds.